The van der Waals surface area contributed by atoms with Crippen molar-refractivity contribution >= 4 is 45.3 Å². The summed E-state index contributed by atoms with van der Waals surface area (Å²) >= 11 is 0. The van der Waals surface area contributed by atoms with Crippen LogP contribution in [-0.4, -0.2) is 6.30 Å². The highest BCUT2D eigenvalue weighted by molar-refractivity contribution is 7.91. The maximum absolute atomic E-state index is 6.85. The van der Waals surface area contributed by atoms with Crippen molar-refractivity contribution in [3.05, 3.63) is 132 Å². The molecular weight excluding hydrogens is 459 g/mol. The molecule has 5 aromatic carbocycles. The van der Waals surface area contributed by atoms with E-state index in [1.165, 1.54) is 32.3 Å². The van der Waals surface area contributed by atoms with E-state index in [9.17, 15) is 0 Å². The summed E-state index contributed by atoms with van der Waals surface area (Å²) in [7, 11) is 0. The van der Waals surface area contributed by atoms with Crippen LogP contribution in [0.25, 0.3) is 21.5 Å². The minimum Gasteiger partial charge on any atom is -0.460 e. The average Bonchev–Trinajstić information content (AvgIpc) is 2.93. The van der Waals surface area contributed by atoms with Crippen molar-refractivity contribution in [2.24, 2.45) is 0 Å². The third kappa shape index (κ3) is 2.63. The van der Waals surface area contributed by atoms with Crippen molar-refractivity contribution < 1.29 is 9.47 Å². The fraction of sp³-hybridized carbons (Fsp3) is 0.0606. The molecule has 2 nitrogen and oxygen atoms in total. The van der Waals surface area contributed by atoms with Crippen molar-refractivity contribution in [1.82, 2.24) is 0 Å². The zero-order valence-electron chi connectivity index (χ0n) is 19.6. The Balaban J connectivity index is 1.47. The molecule has 0 N–H and O–H groups in total. The topological polar surface area (TPSA) is 18.5 Å². The molecular formula is C33H23O2P. The van der Waals surface area contributed by atoms with Crippen molar-refractivity contribution in [2.75, 3.05) is 0 Å². The number of fused-ring (bicyclic) bond motifs is 8. The second kappa shape index (κ2) is 7.26. The monoisotopic (exact) mass is 482 g/mol. The lowest BCUT2D eigenvalue weighted by atomic mass is 9.90. The van der Waals surface area contributed by atoms with Gasteiger partial charge in [-0.1, -0.05) is 97.3 Å². The van der Waals surface area contributed by atoms with E-state index in [-0.39, 0.29) is 5.92 Å². The lowest BCUT2D eigenvalue weighted by molar-refractivity contribution is 0.370. The number of benzene rings is 5. The van der Waals surface area contributed by atoms with Gasteiger partial charge in [0, 0.05) is 33.7 Å². The number of hydrogen-bond acceptors (Lipinski definition) is 2. The van der Waals surface area contributed by atoms with Crippen LogP contribution in [0.5, 0.6) is 11.5 Å². The summed E-state index contributed by atoms with van der Waals surface area (Å²) in [4.78, 5) is 0. The molecule has 2 atom stereocenters. The summed E-state index contributed by atoms with van der Waals surface area (Å²) in [6.45, 7) is -2.24. The first kappa shape index (κ1) is 20.2. The van der Waals surface area contributed by atoms with Crippen LogP contribution < -0.4 is 20.1 Å². The molecule has 2 unspecified atom stereocenters. The van der Waals surface area contributed by atoms with Crippen LogP contribution in [0.4, 0.5) is 0 Å². The van der Waals surface area contributed by atoms with E-state index >= 15 is 0 Å². The predicted molar refractivity (Wildman–Crippen MR) is 151 cm³/mol. The maximum atomic E-state index is 6.85. The highest BCUT2D eigenvalue weighted by atomic mass is 31.2. The number of ether oxygens (including phenoxy) is 2. The van der Waals surface area contributed by atoms with Crippen molar-refractivity contribution in [1.29, 1.82) is 0 Å². The molecule has 0 saturated carbocycles. The molecule has 0 fully saturated rings. The highest BCUT2D eigenvalue weighted by Gasteiger charge is 2.45. The summed E-state index contributed by atoms with van der Waals surface area (Å²) in [6, 6.07) is 36.5. The van der Waals surface area contributed by atoms with E-state index in [2.05, 4.69) is 109 Å². The Morgan fingerprint density at radius 3 is 1.89 bits per heavy atom. The van der Waals surface area contributed by atoms with Gasteiger partial charge in [0.05, 0.1) is 5.31 Å². The molecule has 5 aromatic rings. The van der Waals surface area contributed by atoms with E-state index in [1.807, 2.05) is 0 Å². The van der Waals surface area contributed by atoms with E-state index in [1.54, 1.807) is 0 Å². The van der Waals surface area contributed by atoms with Gasteiger partial charge in [0.2, 0.25) is 0 Å². The van der Waals surface area contributed by atoms with Crippen LogP contribution in [-0.2, 0) is 0 Å². The Bertz CT molecular complexity index is 1840. The summed E-state index contributed by atoms with van der Waals surface area (Å²) < 4.78 is 13.7. The molecule has 36 heavy (non-hydrogen) atoms. The summed E-state index contributed by atoms with van der Waals surface area (Å²) in [5.41, 5.74) is 1.27. The van der Waals surface area contributed by atoms with E-state index in [4.69, 9.17) is 15.8 Å². The maximum Gasteiger partial charge on any atom is 0.143 e. The molecule has 3 aliphatic rings. The molecule has 1 aliphatic carbocycles. The average molecular weight is 483 g/mol. The summed E-state index contributed by atoms with van der Waals surface area (Å²) in [5, 5.41) is 8.21. The zero-order chi connectivity index (χ0) is 23.9. The first-order valence-corrected chi connectivity index (χ1v) is 14.3. The summed E-state index contributed by atoms with van der Waals surface area (Å²) in [5.74, 6) is 4.01. The first-order chi connectivity index (χ1) is 17.7. The highest BCUT2D eigenvalue weighted by Crippen LogP contribution is 2.66. The third-order valence-electron chi connectivity index (χ3n) is 7.84. The van der Waals surface area contributed by atoms with Crippen molar-refractivity contribution in [3.8, 4) is 11.5 Å². The Morgan fingerprint density at radius 1 is 0.639 bits per heavy atom. The smallest absolute Gasteiger partial charge is 0.143 e. The van der Waals surface area contributed by atoms with Crippen LogP contribution in [0.15, 0.2) is 126 Å². The first-order valence-electron chi connectivity index (χ1n) is 12.4. The normalized spacial score (nSPS) is 21.7. The van der Waals surface area contributed by atoms with Gasteiger partial charge in [0.15, 0.2) is 0 Å². The SMILES string of the molecule is C=P12C3=C(CC(c4ccccc4)C=C3Oc3c1ccc1ccccc31)Oc1c2ccc2ccccc12. The molecule has 8 rings (SSSR count). The van der Waals surface area contributed by atoms with Gasteiger partial charge in [-0.25, -0.2) is 0 Å². The van der Waals surface area contributed by atoms with Gasteiger partial charge in [0.1, 0.15) is 23.0 Å². The number of rotatable bonds is 1. The van der Waals surface area contributed by atoms with Crippen LogP contribution in [0.3, 0.4) is 0 Å². The largest absolute Gasteiger partial charge is 0.460 e. The van der Waals surface area contributed by atoms with Crippen LogP contribution in [0, 0.1) is 0 Å². The minimum absolute atomic E-state index is 0.182. The Labute approximate surface area is 210 Å². The number of allylic oxidation sites excluding steroid dienone is 3. The molecule has 0 radical (unpaired) electrons. The molecule has 0 amide bonds. The molecule has 3 heteroatoms. The van der Waals surface area contributed by atoms with Gasteiger partial charge in [-0.15, -0.1) is 0 Å². The lowest BCUT2D eigenvalue weighted by Gasteiger charge is -2.43. The predicted octanol–water partition coefficient (Wildman–Crippen LogP) is 7.46. The zero-order valence-corrected chi connectivity index (χ0v) is 20.5. The van der Waals surface area contributed by atoms with Crippen molar-refractivity contribution in [3.63, 3.8) is 0 Å². The van der Waals surface area contributed by atoms with Crippen molar-refractivity contribution in [2.45, 2.75) is 12.3 Å². The molecule has 0 bridgehead atoms. The fourth-order valence-corrected chi connectivity index (χ4v) is 9.61. The van der Waals surface area contributed by atoms with E-state index < -0.39 is 6.89 Å². The Hall–Kier alpha value is -4.00. The van der Waals surface area contributed by atoms with Gasteiger partial charge >= 0.3 is 0 Å². The lowest BCUT2D eigenvalue weighted by Crippen LogP contribution is -2.34. The van der Waals surface area contributed by atoms with Crippen LogP contribution in [0.2, 0.25) is 0 Å². The standard InChI is InChI=1S/C33H23O2P/c1-36-29-17-15-22-11-5-7-13-25(22)31(29)34-27-19-24(21-9-3-2-4-10-21)20-28(33(27)36)35-32-26-14-8-6-12-23(26)16-18-30(32)36/h2-19,24H,1,20H2. The number of hydrogen-bond donors (Lipinski definition) is 0. The second-order valence-electron chi connectivity index (χ2n) is 9.81. The molecule has 0 aromatic heterocycles. The second-order valence-corrected chi connectivity index (χ2v) is 12.8. The van der Waals surface area contributed by atoms with Crippen LogP contribution in [0.1, 0.15) is 17.9 Å². The van der Waals surface area contributed by atoms with E-state index in [0.717, 1.165) is 40.2 Å². The molecule has 2 aliphatic heterocycles. The van der Waals surface area contributed by atoms with E-state index in [0.29, 0.717) is 0 Å². The summed E-state index contributed by atoms with van der Waals surface area (Å²) in [6.07, 6.45) is 8.18. The van der Waals surface area contributed by atoms with Gasteiger partial charge in [-0.3, -0.25) is 0 Å². The van der Waals surface area contributed by atoms with Gasteiger partial charge in [-0.2, -0.15) is 0 Å². The van der Waals surface area contributed by atoms with Gasteiger partial charge in [-0.05, 0) is 41.4 Å². The molecule has 172 valence electrons. The molecule has 0 spiro atoms. The minimum atomic E-state index is -2.24. The Morgan fingerprint density at radius 2 is 1.22 bits per heavy atom. The van der Waals surface area contributed by atoms with Gasteiger partial charge in [0.25, 0.3) is 0 Å². The van der Waals surface area contributed by atoms with Crippen LogP contribution >= 0.6 is 6.89 Å². The molecule has 0 saturated heterocycles. The third-order valence-corrected chi connectivity index (χ3v) is 11.4. The molecule has 2 heterocycles. The fourth-order valence-electron chi connectivity index (χ4n) is 6.12. The quantitative estimate of drug-likeness (QED) is 0.231. The van der Waals surface area contributed by atoms with Gasteiger partial charge < -0.3 is 9.47 Å². The Kier molecular flexibility index (Phi) is 4.08.